The Kier molecular flexibility index (Phi) is 3.69. The Morgan fingerprint density at radius 3 is 2.45 bits per heavy atom. The summed E-state index contributed by atoms with van der Waals surface area (Å²) in [6, 6.07) is 16.0. The van der Waals surface area contributed by atoms with Crippen LogP contribution in [-0.2, 0) is 6.61 Å². The summed E-state index contributed by atoms with van der Waals surface area (Å²) in [4.78, 5) is 8.34. The van der Waals surface area contributed by atoms with Crippen LogP contribution in [0.3, 0.4) is 0 Å². The van der Waals surface area contributed by atoms with Crippen LogP contribution < -0.4 is 4.74 Å². The summed E-state index contributed by atoms with van der Waals surface area (Å²) < 4.78 is 5.77. The molecule has 3 rings (SSSR count). The molecule has 0 aliphatic carbocycles. The summed E-state index contributed by atoms with van der Waals surface area (Å²) in [7, 11) is 0. The van der Waals surface area contributed by atoms with E-state index in [0.29, 0.717) is 6.61 Å². The molecular formula is C17H14N2O. The van der Waals surface area contributed by atoms with Crippen molar-refractivity contribution < 1.29 is 4.74 Å². The van der Waals surface area contributed by atoms with Crippen molar-refractivity contribution in [2.45, 2.75) is 6.61 Å². The number of ether oxygens (including phenoxy) is 1. The predicted octanol–water partition coefficient (Wildman–Crippen LogP) is 3.72. The quantitative estimate of drug-likeness (QED) is 0.718. The largest absolute Gasteiger partial charge is 0.487 e. The number of benzene rings is 1. The third-order valence-electron chi connectivity index (χ3n) is 2.96. The summed E-state index contributed by atoms with van der Waals surface area (Å²) in [5.74, 6) is 0.759. The van der Waals surface area contributed by atoms with Crippen LogP contribution in [0.1, 0.15) is 5.56 Å². The maximum absolute atomic E-state index is 5.77. The van der Waals surface area contributed by atoms with Gasteiger partial charge in [0.05, 0.1) is 6.20 Å². The lowest BCUT2D eigenvalue weighted by atomic mass is 10.1. The monoisotopic (exact) mass is 262 g/mol. The molecule has 1 aromatic carbocycles. The maximum atomic E-state index is 5.77. The van der Waals surface area contributed by atoms with E-state index in [2.05, 4.69) is 9.97 Å². The molecular weight excluding hydrogens is 248 g/mol. The van der Waals surface area contributed by atoms with Crippen LogP contribution in [0.4, 0.5) is 0 Å². The van der Waals surface area contributed by atoms with E-state index in [1.807, 2.05) is 60.9 Å². The van der Waals surface area contributed by atoms with Gasteiger partial charge in [-0.2, -0.15) is 0 Å². The van der Waals surface area contributed by atoms with Gasteiger partial charge in [-0.05, 0) is 17.7 Å². The van der Waals surface area contributed by atoms with Crippen LogP contribution in [0.5, 0.6) is 5.75 Å². The van der Waals surface area contributed by atoms with E-state index in [9.17, 15) is 0 Å². The van der Waals surface area contributed by atoms with Crippen LogP contribution >= 0.6 is 0 Å². The molecule has 0 N–H and O–H groups in total. The fraction of sp³-hybridized carbons (Fsp3) is 0.0588. The van der Waals surface area contributed by atoms with Crippen molar-refractivity contribution in [2.24, 2.45) is 0 Å². The first-order valence-electron chi connectivity index (χ1n) is 6.44. The summed E-state index contributed by atoms with van der Waals surface area (Å²) in [6.07, 6.45) is 7.11. The molecule has 3 nitrogen and oxygen atoms in total. The fourth-order valence-electron chi connectivity index (χ4n) is 1.93. The van der Waals surface area contributed by atoms with Crippen LogP contribution in [0, 0.1) is 0 Å². The molecule has 0 spiro atoms. The molecule has 0 unspecified atom stereocenters. The topological polar surface area (TPSA) is 35.0 Å². The Morgan fingerprint density at radius 2 is 1.65 bits per heavy atom. The highest BCUT2D eigenvalue weighted by molar-refractivity contribution is 5.62. The highest BCUT2D eigenvalue weighted by Crippen LogP contribution is 2.22. The van der Waals surface area contributed by atoms with Crippen molar-refractivity contribution in [2.75, 3.05) is 0 Å². The molecule has 0 aliphatic heterocycles. The van der Waals surface area contributed by atoms with E-state index in [-0.39, 0.29) is 0 Å². The number of pyridine rings is 2. The van der Waals surface area contributed by atoms with Gasteiger partial charge in [0.25, 0.3) is 0 Å². The molecule has 0 bridgehead atoms. The second-order valence-electron chi connectivity index (χ2n) is 4.43. The molecule has 98 valence electrons. The van der Waals surface area contributed by atoms with Gasteiger partial charge in [0.2, 0.25) is 0 Å². The molecule has 2 heterocycles. The molecule has 0 amide bonds. The Hall–Kier alpha value is -2.68. The summed E-state index contributed by atoms with van der Waals surface area (Å²) in [5, 5.41) is 0. The number of rotatable bonds is 4. The van der Waals surface area contributed by atoms with Gasteiger partial charge < -0.3 is 4.74 Å². The molecule has 3 aromatic rings. The van der Waals surface area contributed by atoms with Gasteiger partial charge in [0, 0.05) is 29.7 Å². The van der Waals surface area contributed by atoms with E-state index >= 15 is 0 Å². The van der Waals surface area contributed by atoms with Gasteiger partial charge in [-0.1, -0.05) is 36.4 Å². The lowest BCUT2D eigenvalue weighted by molar-refractivity contribution is 0.305. The molecule has 0 saturated carbocycles. The molecule has 0 saturated heterocycles. The minimum atomic E-state index is 0.541. The van der Waals surface area contributed by atoms with Gasteiger partial charge in [-0.3, -0.25) is 9.97 Å². The zero-order chi connectivity index (χ0) is 13.6. The second kappa shape index (κ2) is 5.97. The minimum absolute atomic E-state index is 0.541. The normalized spacial score (nSPS) is 10.2. The Bertz CT molecular complexity index is 669. The van der Waals surface area contributed by atoms with E-state index in [1.54, 1.807) is 12.4 Å². The van der Waals surface area contributed by atoms with Crippen molar-refractivity contribution in [3.05, 3.63) is 78.9 Å². The Balaban J connectivity index is 1.75. The van der Waals surface area contributed by atoms with E-state index in [0.717, 1.165) is 22.4 Å². The average molecular weight is 262 g/mol. The smallest absolute Gasteiger partial charge is 0.138 e. The lowest BCUT2D eigenvalue weighted by Gasteiger charge is -2.07. The summed E-state index contributed by atoms with van der Waals surface area (Å²) >= 11 is 0. The average Bonchev–Trinajstić information content (AvgIpc) is 2.55. The molecule has 3 heteroatoms. The Labute approximate surface area is 117 Å². The van der Waals surface area contributed by atoms with Crippen LogP contribution in [0.2, 0.25) is 0 Å². The maximum Gasteiger partial charge on any atom is 0.138 e. The van der Waals surface area contributed by atoms with Gasteiger partial charge >= 0.3 is 0 Å². The first-order chi connectivity index (χ1) is 9.92. The minimum Gasteiger partial charge on any atom is -0.487 e. The molecule has 0 atom stereocenters. The standard InChI is InChI=1S/C17H14N2O/c1-2-5-14(6-3-1)13-20-17-9-16(11-19-12-17)15-7-4-8-18-10-15/h1-12H,13H2. The second-order valence-corrected chi connectivity index (χ2v) is 4.43. The first kappa shape index (κ1) is 12.4. The van der Waals surface area contributed by atoms with Gasteiger partial charge in [-0.15, -0.1) is 0 Å². The molecule has 2 aromatic heterocycles. The molecule has 0 radical (unpaired) electrons. The Morgan fingerprint density at radius 1 is 0.800 bits per heavy atom. The SMILES string of the molecule is c1ccc(COc2cncc(-c3cccnc3)c2)cc1. The number of aromatic nitrogens is 2. The van der Waals surface area contributed by atoms with Crippen LogP contribution in [-0.4, -0.2) is 9.97 Å². The van der Waals surface area contributed by atoms with E-state index < -0.39 is 0 Å². The molecule has 0 fully saturated rings. The van der Waals surface area contributed by atoms with Crippen molar-refractivity contribution in [1.29, 1.82) is 0 Å². The third kappa shape index (κ3) is 3.01. The lowest BCUT2D eigenvalue weighted by Crippen LogP contribution is -1.95. The highest BCUT2D eigenvalue weighted by Gasteiger charge is 2.01. The number of hydrogen-bond donors (Lipinski definition) is 0. The third-order valence-corrected chi connectivity index (χ3v) is 2.96. The van der Waals surface area contributed by atoms with Crippen LogP contribution in [0.25, 0.3) is 11.1 Å². The van der Waals surface area contributed by atoms with Crippen molar-refractivity contribution in [3.8, 4) is 16.9 Å². The fourth-order valence-corrected chi connectivity index (χ4v) is 1.93. The highest BCUT2D eigenvalue weighted by atomic mass is 16.5. The summed E-state index contributed by atoms with van der Waals surface area (Å²) in [5.41, 5.74) is 3.17. The zero-order valence-electron chi connectivity index (χ0n) is 10.9. The van der Waals surface area contributed by atoms with Gasteiger partial charge in [0.15, 0.2) is 0 Å². The number of nitrogens with zero attached hydrogens (tertiary/aromatic N) is 2. The summed E-state index contributed by atoms with van der Waals surface area (Å²) in [6.45, 7) is 0.541. The van der Waals surface area contributed by atoms with Gasteiger partial charge in [-0.25, -0.2) is 0 Å². The molecule has 20 heavy (non-hydrogen) atoms. The van der Waals surface area contributed by atoms with Crippen molar-refractivity contribution in [3.63, 3.8) is 0 Å². The number of hydrogen-bond acceptors (Lipinski definition) is 3. The molecule has 0 aliphatic rings. The van der Waals surface area contributed by atoms with Gasteiger partial charge in [0.1, 0.15) is 12.4 Å². The van der Waals surface area contributed by atoms with Crippen molar-refractivity contribution >= 4 is 0 Å². The van der Waals surface area contributed by atoms with E-state index in [4.69, 9.17) is 4.74 Å². The van der Waals surface area contributed by atoms with Crippen LogP contribution in [0.15, 0.2) is 73.3 Å². The zero-order valence-corrected chi connectivity index (χ0v) is 10.9. The van der Waals surface area contributed by atoms with Crippen molar-refractivity contribution in [1.82, 2.24) is 9.97 Å². The predicted molar refractivity (Wildman–Crippen MR) is 78.2 cm³/mol. The first-order valence-corrected chi connectivity index (χ1v) is 6.44. The van der Waals surface area contributed by atoms with E-state index in [1.165, 1.54) is 0 Å².